The number of carbonyl (C=O) groups is 1. The first-order valence-corrected chi connectivity index (χ1v) is 8.42. The number of hydrogen-bond acceptors (Lipinski definition) is 4. The number of hydrogen-bond donors (Lipinski definition) is 0. The second-order valence-corrected chi connectivity index (χ2v) is 6.22. The highest BCUT2D eigenvalue weighted by Crippen LogP contribution is 2.28. The van der Waals surface area contributed by atoms with Gasteiger partial charge in [-0.15, -0.1) is 0 Å². The molecule has 1 aliphatic heterocycles. The van der Waals surface area contributed by atoms with Gasteiger partial charge in [0.2, 0.25) is 5.91 Å². The van der Waals surface area contributed by atoms with Crippen molar-refractivity contribution in [3.63, 3.8) is 0 Å². The van der Waals surface area contributed by atoms with Crippen LogP contribution in [0.1, 0.15) is 23.5 Å². The Morgan fingerprint density at radius 3 is 2.50 bits per heavy atom. The molecule has 0 aliphatic carbocycles. The molecule has 0 radical (unpaired) electrons. The van der Waals surface area contributed by atoms with Crippen molar-refractivity contribution in [3.8, 4) is 5.75 Å². The van der Waals surface area contributed by atoms with Crippen molar-refractivity contribution in [3.05, 3.63) is 75.8 Å². The number of amides is 1. The molecule has 1 fully saturated rings. The maximum absolute atomic E-state index is 12.4. The average molecular weight is 352 g/mol. The predicted octanol–water partition coefficient (Wildman–Crippen LogP) is 3.63. The third-order valence-electron chi connectivity index (χ3n) is 4.61. The molecular weight excluding hydrogens is 332 g/mol. The first-order valence-electron chi connectivity index (χ1n) is 8.42. The van der Waals surface area contributed by atoms with Crippen molar-refractivity contribution in [1.29, 1.82) is 0 Å². The second kappa shape index (κ2) is 7.82. The Balaban J connectivity index is 1.59. The van der Waals surface area contributed by atoms with Crippen molar-refractivity contribution in [1.82, 2.24) is 4.90 Å². The van der Waals surface area contributed by atoms with Gasteiger partial charge in [-0.2, -0.15) is 0 Å². The molecule has 2 aromatic rings. The van der Waals surface area contributed by atoms with Crippen LogP contribution in [0.3, 0.4) is 0 Å². The molecule has 0 aromatic heterocycles. The van der Waals surface area contributed by atoms with Crippen molar-refractivity contribution < 1.29 is 14.5 Å². The smallest absolute Gasteiger partial charge is 0.269 e. The van der Waals surface area contributed by atoms with E-state index in [-0.39, 0.29) is 11.6 Å². The molecular formula is C20H20N2O4. The summed E-state index contributed by atoms with van der Waals surface area (Å²) in [5, 5.41) is 10.7. The Morgan fingerprint density at radius 2 is 1.88 bits per heavy atom. The van der Waals surface area contributed by atoms with Crippen LogP contribution >= 0.6 is 0 Å². The molecule has 134 valence electrons. The molecule has 2 aromatic carbocycles. The number of rotatable bonds is 5. The Morgan fingerprint density at radius 1 is 1.19 bits per heavy atom. The minimum Gasteiger partial charge on any atom is -0.497 e. The summed E-state index contributed by atoms with van der Waals surface area (Å²) in [5.41, 5.74) is 2.01. The summed E-state index contributed by atoms with van der Waals surface area (Å²) in [5.74, 6) is 1.11. The molecule has 1 heterocycles. The first-order chi connectivity index (χ1) is 12.6. The normalized spacial score (nSPS) is 16.8. The molecule has 6 heteroatoms. The number of non-ortho nitro benzene ring substituents is 1. The average Bonchev–Trinajstić information content (AvgIpc) is 3.17. The lowest BCUT2D eigenvalue weighted by Crippen LogP contribution is -2.26. The third-order valence-corrected chi connectivity index (χ3v) is 4.61. The number of carbonyl (C=O) groups excluding carboxylic acids is 1. The number of likely N-dealkylation sites (tertiary alicyclic amines) is 1. The summed E-state index contributed by atoms with van der Waals surface area (Å²) in [6, 6.07) is 14.1. The van der Waals surface area contributed by atoms with Gasteiger partial charge < -0.3 is 9.64 Å². The second-order valence-electron chi connectivity index (χ2n) is 6.22. The highest BCUT2D eigenvalue weighted by atomic mass is 16.6. The van der Waals surface area contributed by atoms with Gasteiger partial charge in [0.05, 0.1) is 12.0 Å². The van der Waals surface area contributed by atoms with Gasteiger partial charge in [-0.3, -0.25) is 14.9 Å². The van der Waals surface area contributed by atoms with Gasteiger partial charge in [0.15, 0.2) is 0 Å². The summed E-state index contributed by atoms with van der Waals surface area (Å²) >= 11 is 0. The Hall–Kier alpha value is -3.15. The van der Waals surface area contributed by atoms with Crippen LogP contribution in [0.25, 0.3) is 6.08 Å². The fourth-order valence-corrected chi connectivity index (χ4v) is 3.09. The predicted molar refractivity (Wildman–Crippen MR) is 99.1 cm³/mol. The zero-order chi connectivity index (χ0) is 18.5. The third kappa shape index (κ3) is 4.08. The fourth-order valence-electron chi connectivity index (χ4n) is 3.09. The Labute approximate surface area is 151 Å². The van der Waals surface area contributed by atoms with Crippen LogP contribution < -0.4 is 4.74 Å². The van der Waals surface area contributed by atoms with Gasteiger partial charge in [0.1, 0.15) is 5.75 Å². The number of nitro benzene ring substituents is 1. The number of benzene rings is 2. The van der Waals surface area contributed by atoms with E-state index in [0.717, 1.165) is 24.3 Å². The SMILES string of the molecule is COc1ccc(C2CCN(C(=O)/C=C/c3ccc([N+](=O)[O-])cc3)C2)cc1. The van der Waals surface area contributed by atoms with E-state index in [1.54, 1.807) is 25.3 Å². The van der Waals surface area contributed by atoms with Gasteiger partial charge in [0.25, 0.3) is 5.69 Å². The standard InChI is InChI=1S/C20H20N2O4/c1-26-19-9-5-16(6-10-19)17-12-13-21(14-17)20(23)11-4-15-2-7-18(8-3-15)22(24)25/h2-11,17H,12-14H2,1H3/b11-4+. The van der Waals surface area contributed by atoms with E-state index in [4.69, 9.17) is 4.74 Å². The van der Waals surface area contributed by atoms with Gasteiger partial charge in [0, 0.05) is 37.2 Å². The van der Waals surface area contributed by atoms with Gasteiger partial charge in [-0.25, -0.2) is 0 Å². The van der Waals surface area contributed by atoms with E-state index in [9.17, 15) is 14.9 Å². The summed E-state index contributed by atoms with van der Waals surface area (Å²) in [6.07, 6.45) is 4.15. The lowest BCUT2D eigenvalue weighted by molar-refractivity contribution is -0.384. The van der Waals surface area contributed by atoms with E-state index >= 15 is 0 Å². The van der Waals surface area contributed by atoms with Gasteiger partial charge >= 0.3 is 0 Å². The zero-order valence-corrected chi connectivity index (χ0v) is 14.5. The summed E-state index contributed by atoms with van der Waals surface area (Å²) in [7, 11) is 1.64. The summed E-state index contributed by atoms with van der Waals surface area (Å²) in [4.78, 5) is 24.4. The number of methoxy groups -OCH3 is 1. The minimum atomic E-state index is -0.442. The first kappa shape index (κ1) is 17.7. The molecule has 1 amide bonds. The van der Waals surface area contributed by atoms with Crippen LogP contribution in [0.2, 0.25) is 0 Å². The van der Waals surface area contributed by atoms with Crippen molar-refractivity contribution in [2.24, 2.45) is 0 Å². The molecule has 0 spiro atoms. The number of ether oxygens (including phenoxy) is 1. The maximum atomic E-state index is 12.4. The van der Waals surface area contributed by atoms with Crippen LogP contribution in [0.4, 0.5) is 5.69 Å². The summed E-state index contributed by atoms with van der Waals surface area (Å²) in [6.45, 7) is 1.41. The van der Waals surface area contributed by atoms with E-state index in [1.807, 2.05) is 29.2 Å². The molecule has 0 N–H and O–H groups in total. The Kier molecular flexibility index (Phi) is 5.31. The van der Waals surface area contributed by atoms with Crippen LogP contribution in [0, 0.1) is 10.1 Å². The molecule has 1 aliphatic rings. The molecule has 1 unspecified atom stereocenters. The highest BCUT2D eigenvalue weighted by Gasteiger charge is 2.26. The van der Waals surface area contributed by atoms with Gasteiger partial charge in [-0.05, 0) is 47.9 Å². The molecule has 0 saturated carbocycles. The highest BCUT2D eigenvalue weighted by molar-refractivity contribution is 5.92. The lowest BCUT2D eigenvalue weighted by Gasteiger charge is -2.15. The number of nitro groups is 1. The molecule has 0 bridgehead atoms. The van der Waals surface area contributed by atoms with E-state index < -0.39 is 4.92 Å². The van der Waals surface area contributed by atoms with Crippen LogP contribution in [0.15, 0.2) is 54.6 Å². The lowest BCUT2D eigenvalue weighted by atomic mass is 9.98. The zero-order valence-electron chi connectivity index (χ0n) is 14.5. The number of nitrogens with zero attached hydrogens (tertiary/aromatic N) is 2. The van der Waals surface area contributed by atoms with Crippen LogP contribution in [-0.4, -0.2) is 35.9 Å². The molecule has 1 saturated heterocycles. The molecule has 6 nitrogen and oxygen atoms in total. The fraction of sp³-hybridized carbons (Fsp3) is 0.250. The molecule has 26 heavy (non-hydrogen) atoms. The van der Waals surface area contributed by atoms with Gasteiger partial charge in [-0.1, -0.05) is 12.1 Å². The van der Waals surface area contributed by atoms with E-state index in [0.29, 0.717) is 12.5 Å². The molecule has 1 atom stereocenters. The van der Waals surface area contributed by atoms with Crippen LogP contribution in [-0.2, 0) is 4.79 Å². The maximum Gasteiger partial charge on any atom is 0.269 e. The topological polar surface area (TPSA) is 72.7 Å². The summed E-state index contributed by atoms with van der Waals surface area (Å²) < 4.78 is 5.17. The quantitative estimate of drug-likeness (QED) is 0.468. The van der Waals surface area contributed by atoms with Crippen molar-refractivity contribution in [2.75, 3.05) is 20.2 Å². The Bertz CT molecular complexity index is 813. The minimum absolute atomic E-state index is 0.0374. The monoisotopic (exact) mass is 352 g/mol. The van der Waals surface area contributed by atoms with E-state index in [1.165, 1.54) is 23.8 Å². The van der Waals surface area contributed by atoms with E-state index in [2.05, 4.69) is 0 Å². The van der Waals surface area contributed by atoms with Crippen LogP contribution in [0.5, 0.6) is 5.75 Å². The van der Waals surface area contributed by atoms with Crippen molar-refractivity contribution in [2.45, 2.75) is 12.3 Å². The van der Waals surface area contributed by atoms with Crippen molar-refractivity contribution >= 4 is 17.7 Å². The largest absolute Gasteiger partial charge is 0.497 e. The molecule has 3 rings (SSSR count).